The second-order valence-electron chi connectivity index (χ2n) is 6.42. The molecule has 0 saturated carbocycles. The zero-order valence-corrected chi connectivity index (χ0v) is 16.5. The molecule has 0 unspecified atom stereocenters. The molecule has 4 rings (SSSR count). The highest BCUT2D eigenvalue weighted by molar-refractivity contribution is 7.09. The van der Waals surface area contributed by atoms with Crippen LogP contribution in [0.1, 0.15) is 26.6 Å². The van der Waals surface area contributed by atoms with Crippen LogP contribution in [0.4, 0.5) is 5.69 Å². The van der Waals surface area contributed by atoms with Gasteiger partial charge < -0.3 is 19.5 Å². The Hall–Kier alpha value is -3.39. The number of aryl methyl sites for hydroxylation is 1. The first-order chi connectivity index (χ1) is 14.1. The zero-order chi connectivity index (χ0) is 20.2. The van der Waals surface area contributed by atoms with Crippen LogP contribution in [0.15, 0.2) is 47.8 Å². The summed E-state index contributed by atoms with van der Waals surface area (Å²) in [5, 5.41) is 5.32. The number of aromatic nitrogens is 1. The summed E-state index contributed by atoms with van der Waals surface area (Å²) >= 11 is 1.36. The zero-order valence-electron chi connectivity index (χ0n) is 15.6. The fourth-order valence-electron chi connectivity index (χ4n) is 2.79. The smallest absolute Gasteiger partial charge is 0.338 e. The number of carbonyl (C=O) groups excluding carboxylic acids is 2. The Morgan fingerprint density at radius 3 is 2.86 bits per heavy atom. The van der Waals surface area contributed by atoms with E-state index in [1.165, 1.54) is 11.3 Å². The Bertz CT molecular complexity index is 1060. The SMILES string of the molecule is Cc1ccccc1NC(=O)Cc1nc(COC(=O)c2ccc3c(c2)OCO3)cs1. The van der Waals surface area contributed by atoms with E-state index in [0.29, 0.717) is 27.8 Å². The number of anilines is 1. The Kier molecular flexibility index (Phi) is 5.44. The third kappa shape index (κ3) is 4.55. The molecule has 148 valence electrons. The highest BCUT2D eigenvalue weighted by Gasteiger charge is 2.17. The molecule has 1 aliphatic heterocycles. The number of amides is 1. The lowest BCUT2D eigenvalue weighted by Crippen LogP contribution is -2.15. The molecule has 3 aromatic rings. The van der Waals surface area contributed by atoms with Crippen molar-refractivity contribution in [2.45, 2.75) is 20.0 Å². The molecule has 2 aromatic carbocycles. The molecule has 0 saturated heterocycles. The van der Waals surface area contributed by atoms with Crippen molar-refractivity contribution in [2.75, 3.05) is 12.1 Å². The summed E-state index contributed by atoms with van der Waals surface area (Å²) in [4.78, 5) is 28.8. The first kappa shape index (κ1) is 18.9. The van der Waals surface area contributed by atoms with Crippen LogP contribution in [0, 0.1) is 6.92 Å². The van der Waals surface area contributed by atoms with Gasteiger partial charge in [0, 0.05) is 11.1 Å². The number of hydrogen-bond donors (Lipinski definition) is 1. The van der Waals surface area contributed by atoms with Crippen LogP contribution in [0.5, 0.6) is 11.5 Å². The van der Waals surface area contributed by atoms with E-state index in [4.69, 9.17) is 14.2 Å². The molecule has 2 heterocycles. The first-order valence-corrected chi connectivity index (χ1v) is 9.82. The van der Waals surface area contributed by atoms with E-state index >= 15 is 0 Å². The first-order valence-electron chi connectivity index (χ1n) is 8.94. The molecule has 0 fully saturated rings. The molecule has 0 spiro atoms. The summed E-state index contributed by atoms with van der Waals surface area (Å²) in [5.74, 6) is 0.512. The number of benzene rings is 2. The van der Waals surface area contributed by atoms with E-state index in [2.05, 4.69) is 10.3 Å². The van der Waals surface area contributed by atoms with Crippen molar-refractivity contribution in [2.24, 2.45) is 0 Å². The average Bonchev–Trinajstić information content (AvgIpc) is 3.36. The van der Waals surface area contributed by atoms with Crippen LogP contribution >= 0.6 is 11.3 Å². The van der Waals surface area contributed by atoms with Crippen LogP contribution < -0.4 is 14.8 Å². The third-order valence-corrected chi connectivity index (χ3v) is 5.19. The van der Waals surface area contributed by atoms with Gasteiger partial charge in [0.05, 0.1) is 17.7 Å². The van der Waals surface area contributed by atoms with Crippen molar-refractivity contribution < 1.29 is 23.8 Å². The van der Waals surface area contributed by atoms with Gasteiger partial charge in [-0.3, -0.25) is 4.79 Å². The van der Waals surface area contributed by atoms with Crippen LogP contribution in [0.2, 0.25) is 0 Å². The minimum atomic E-state index is -0.477. The van der Waals surface area contributed by atoms with Crippen LogP contribution in [0.25, 0.3) is 0 Å². The molecule has 1 aliphatic rings. The molecule has 0 atom stereocenters. The molecule has 0 bridgehead atoms. The Labute approximate surface area is 171 Å². The van der Waals surface area contributed by atoms with Gasteiger partial charge in [-0.1, -0.05) is 18.2 Å². The Morgan fingerprint density at radius 2 is 2.00 bits per heavy atom. The summed E-state index contributed by atoms with van der Waals surface area (Å²) in [6, 6.07) is 12.5. The topological polar surface area (TPSA) is 86.8 Å². The monoisotopic (exact) mass is 410 g/mol. The quantitative estimate of drug-likeness (QED) is 0.624. The minimum Gasteiger partial charge on any atom is -0.456 e. The van der Waals surface area contributed by atoms with Gasteiger partial charge in [0.2, 0.25) is 12.7 Å². The Balaban J connectivity index is 1.30. The number of ether oxygens (including phenoxy) is 3. The van der Waals surface area contributed by atoms with Gasteiger partial charge in [0.25, 0.3) is 0 Å². The summed E-state index contributed by atoms with van der Waals surface area (Å²) in [6.07, 6.45) is 0.162. The van der Waals surface area contributed by atoms with E-state index in [1.807, 2.05) is 31.2 Å². The second-order valence-corrected chi connectivity index (χ2v) is 7.36. The van der Waals surface area contributed by atoms with Crippen molar-refractivity contribution in [1.29, 1.82) is 0 Å². The minimum absolute atomic E-state index is 0.0309. The van der Waals surface area contributed by atoms with Gasteiger partial charge in [-0.2, -0.15) is 0 Å². The molecular formula is C21H18N2O5S. The summed E-state index contributed by atoms with van der Waals surface area (Å²) < 4.78 is 15.8. The molecule has 0 radical (unpaired) electrons. The molecular weight excluding hydrogens is 392 g/mol. The maximum Gasteiger partial charge on any atom is 0.338 e. The van der Waals surface area contributed by atoms with Crippen molar-refractivity contribution in [1.82, 2.24) is 4.98 Å². The van der Waals surface area contributed by atoms with Gasteiger partial charge in [0.15, 0.2) is 11.5 Å². The van der Waals surface area contributed by atoms with Gasteiger partial charge in [-0.15, -0.1) is 11.3 Å². The molecule has 1 N–H and O–H groups in total. The molecule has 1 aromatic heterocycles. The van der Waals surface area contributed by atoms with Crippen LogP contribution in [0.3, 0.4) is 0 Å². The number of nitrogens with one attached hydrogen (secondary N) is 1. The number of carbonyl (C=O) groups is 2. The van der Waals surface area contributed by atoms with Gasteiger partial charge in [0.1, 0.15) is 11.6 Å². The highest BCUT2D eigenvalue weighted by atomic mass is 32.1. The molecule has 29 heavy (non-hydrogen) atoms. The number of esters is 1. The van der Waals surface area contributed by atoms with Crippen molar-refractivity contribution in [3.05, 3.63) is 69.7 Å². The molecule has 1 amide bonds. The summed E-state index contributed by atoms with van der Waals surface area (Å²) in [5.41, 5.74) is 2.76. The van der Waals surface area contributed by atoms with Crippen molar-refractivity contribution in [3.63, 3.8) is 0 Å². The van der Waals surface area contributed by atoms with Crippen LogP contribution in [-0.2, 0) is 22.6 Å². The summed E-state index contributed by atoms with van der Waals surface area (Å²) in [6.45, 7) is 2.11. The number of thiazole rings is 1. The standard InChI is InChI=1S/C21H18N2O5S/c1-13-4-2-3-5-16(13)23-19(24)9-20-22-15(11-29-20)10-26-21(25)14-6-7-17-18(8-14)28-12-27-17/h2-8,11H,9-10,12H2,1H3,(H,23,24). The molecule has 7 nitrogen and oxygen atoms in total. The lowest BCUT2D eigenvalue weighted by atomic mass is 10.2. The largest absolute Gasteiger partial charge is 0.456 e. The van der Waals surface area contributed by atoms with E-state index < -0.39 is 5.97 Å². The van der Waals surface area contributed by atoms with E-state index in [0.717, 1.165) is 11.3 Å². The lowest BCUT2D eigenvalue weighted by molar-refractivity contribution is -0.115. The predicted octanol–water partition coefficient (Wildman–Crippen LogP) is 3.72. The number of fused-ring (bicyclic) bond motifs is 1. The third-order valence-electron chi connectivity index (χ3n) is 4.29. The fraction of sp³-hybridized carbons (Fsp3) is 0.190. The van der Waals surface area contributed by atoms with Gasteiger partial charge in [-0.25, -0.2) is 9.78 Å². The van der Waals surface area contributed by atoms with E-state index in [1.54, 1.807) is 23.6 Å². The maximum absolute atomic E-state index is 12.2. The van der Waals surface area contributed by atoms with Crippen molar-refractivity contribution in [3.8, 4) is 11.5 Å². The molecule has 0 aliphatic carbocycles. The lowest BCUT2D eigenvalue weighted by Gasteiger charge is -2.06. The van der Waals surface area contributed by atoms with E-state index in [9.17, 15) is 9.59 Å². The number of rotatable bonds is 6. The van der Waals surface area contributed by atoms with Gasteiger partial charge >= 0.3 is 5.97 Å². The Morgan fingerprint density at radius 1 is 1.17 bits per heavy atom. The normalized spacial score (nSPS) is 11.9. The highest BCUT2D eigenvalue weighted by Crippen LogP contribution is 2.32. The predicted molar refractivity (Wildman–Crippen MR) is 107 cm³/mol. The second kappa shape index (κ2) is 8.32. The molecule has 8 heteroatoms. The van der Waals surface area contributed by atoms with Crippen molar-refractivity contribution >= 4 is 28.9 Å². The number of nitrogens with zero attached hydrogens (tertiary/aromatic N) is 1. The van der Waals surface area contributed by atoms with Crippen LogP contribution in [-0.4, -0.2) is 23.7 Å². The number of para-hydroxylation sites is 1. The van der Waals surface area contributed by atoms with E-state index in [-0.39, 0.29) is 25.7 Å². The maximum atomic E-state index is 12.2. The average molecular weight is 410 g/mol. The fourth-order valence-corrected chi connectivity index (χ4v) is 3.56. The summed E-state index contributed by atoms with van der Waals surface area (Å²) in [7, 11) is 0. The van der Waals surface area contributed by atoms with Gasteiger partial charge in [-0.05, 0) is 36.8 Å². The number of hydrogen-bond acceptors (Lipinski definition) is 7.